The number of amides is 1. The van der Waals surface area contributed by atoms with Gasteiger partial charge in [0.2, 0.25) is 0 Å². The molecule has 0 bridgehead atoms. The number of nitrogens with one attached hydrogen (secondary N) is 1. The second kappa shape index (κ2) is 10.1. The Morgan fingerprint density at radius 1 is 1.11 bits per heavy atom. The molecule has 1 N–H and O–H groups in total. The van der Waals surface area contributed by atoms with E-state index in [2.05, 4.69) is 26.0 Å². The monoisotopic (exact) mass is 459 g/mol. The number of alkyl halides is 2. The van der Waals surface area contributed by atoms with Gasteiger partial charge in [-0.25, -0.2) is 0 Å². The van der Waals surface area contributed by atoms with E-state index in [9.17, 15) is 13.6 Å². The van der Waals surface area contributed by atoms with Crippen LogP contribution < -0.4 is 24.3 Å². The summed E-state index contributed by atoms with van der Waals surface area (Å²) < 4.78 is 45.6. The Hall–Kier alpha value is -2.55. The highest BCUT2D eigenvalue weighted by Crippen LogP contribution is 2.36. The summed E-state index contributed by atoms with van der Waals surface area (Å²) in [5.41, 5.74) is 1.03. The minimum absolute atomic E-state index is 0.0762. The smallest absolute Gasteiger partial charge is 0.387 e. The topological polar surface area (TPSA) is 66.0 Å². The van der Waals surface area contributed by atoms with Crippen LogP contribution in [0, 0.1) is 0 Å². The third-order valence-corrected chi connectivity index (χ3v) is 4.27. The summed E-state index contributed by atoms with van der Waals surface area (Å²) in [7, 11) is 2.83. The first kappa shape index (κ1) is 21.7. The summed E-state index contributed by atoms with van der Waals surface area (Å²) >= 11 is 3.37. The molecule has 0 aliphatic heterocycles. The number of carbonyl (C=O) groups is 1. The lowest BCUT2D eigenvalue weighted by molar-refractivity contribution is -0.0512. The molecule has 0 aromatic heterocycles. The predicted octanol–water partition coefficient (Wildman–Crippen LogP) is 4.40. The van der Waals surface area contributed by atoms with Gasteiger partial charge in [0.05, 0.1) is 25.3 Å². The summed E-state index contributed by atoms with van der Waals surface area (Å²) in [5.74, 6) is 0.677. The normalized spacial score (nSPS) is 10.5. The Kier molecular flexibility index (Phi) is 7.86. The van der Waals surface area contributed by atoms with Gasteiger partial charge >= 0.3 is 6.61 Å². The summed E-state index contributed by atoms with van der Waals surface area (Å²) in [5, 5.41) is 2.76. The van der Waals surface area contributed by atoms with Crippen LogP contribution in [0.5, 0.6) is 23.0 Å². The van der Waals surface area contributed by atoms with Crippen molar-refractivity contribution >= 4 is 21.8 Å². The first-order valence-electron chi connectivity index (χ1n) is 8.29. The van der Waals surface area contributed by atoms with Crippen LogP contribution in [-0.4, -0.2) is 33.3 Å². The minimum atomic E-state index is -2.95. The SMILES string of the molecule is CCOc1c(Br)cc(C(=O)NCc2ccc(OC(F)F)c(OC)c2)cc1OC. The van der Waals surface area contributed by atoms with Crippen LogP contribution in [0.1, 0.15) is 22.8 Å². The molecule has 0 radical (unpaired) electrons. The average molecular weight is 460 g/mol. The van der Waals surface area contributed by atoms with Crippen molar-refractivity contribution in [2.45, 2.75) is 20.1 Å². The number of carbonyl (C=O) groups excluding carboxylic acids is 1. The summed E-state index contributed by atoms with van der Waals surface area (Å²) in [6.45, 7) is -0.490. The summed E-state index contributed by atoms with van der Waals surface area (Å²) in [4.78, 5) is 12.5. The lowest BCUT2D eigenvalue weighted by Crippen LogP contribution is -2.23. The number of ether oxygens (including phenoxy) is 4. The van der Waals surface area contributed by atoms with Crippen LogP contribution in [0.2, 0.25) is 0 Å². The van der Waals surface area contributed by atoms with E-state index in [0.717, 1.165) is 0 Å². The maximum atomic E-state index is 12.5. The van der Waals surface area contributed by atoms with Gasteiger partial charge in [-0.1, -0.05) is 6.07 Å². The van der Waals surface area contributed by atoms with E-state index in [1.165, 1.54) is 26.4 Å². The van der Waals surface area contributed by atoms with E-state index in [4.69, 9.17) is 14.2 Å². The number of methoxy groups -OCH3 is 2. The first-order chi connectivity index (χ1) is 13.4. The van der Waals surface area contributed by atoms with Gasteiger partial charge in [-0.15, -0.1) is 0 Å². The van der Waals surface area contributed by atoms with Crippen LogP contribution in [-0.2, 0) is 6.54 Å². The maximum absolute atomic E-state index is 12.5. The molecule has 0 aliphatic rings. The van der Waals surface area contributed by atoms with E-state index in [1.807, 2.05) is 6.92 Å². The second-order valence-electron chi connectivity index (χ2n) is 5.47. The molecule has 152 valence electrons. The fourth-order valence-corrected chi connectivity index (χ4v) is 2.99. The molecular weight excluding hydrogens is 440 g/mol. The van der Waals surface area contributed by atoms with Crippen LogP contribution >= 0.6 is 15.9 Å². The third kappa shape index (κ3) is 5.48. The zero-order chi connectivity index (χ0) is 20.7. The number of rotatable bonds is 9. The second-order valence-corrected chi connectivity index (χ2v) is 6.32. The molecule has 0 atom stereocenters. The highest BCUT2D eigenvalue weighted by Gasteiger charge is 2.16. The molecule has 9 heteroatoms. The van der Waals surface area contributed by atoms with E-state index >= 15 is 0 Å². The van der Waals surface area contributed by atoms with Crippen molar-refractivity contribution in [1.29, 1.82) is 0 Å². The third-order valence-electron chi connectivity index (χ3n) is 3.68. The van der Waals surface area contributed by atoms with Crippen molar-refractivity contribution < 1.29 is 32.5 Å². The predicted molar refractivity (Wildman–Crippen MR) is 103 cm³/mol. The largest absolute Gasteiger partial charge is 0.493 e. The zero-order valence-electron chi connectivity index (χ0n) is 15.6. The van der Waals surface area contributed by atoms with Crippen LogP contribution in [0.3, 0.4) is 0 Å². The molecule has 0 saturated heterocycles. The number of halogens is 3. The van der Waals surface area contributed by atoms with E-state index in [-0.39, 0.29) is 24.0 Å². The van der Waals surface area contributed by atoms with E-state index < -0.39 is 6.61 Å². The molecule has 28 heavy (non-hydrogen) atoms. The molecule has 0 fully saturated rings. The lowest BCUT2D eigenvalue weighted by Gasteiger charge is -2.14. The van der Waals surface area contributed by atoms with Crippen molar-refractivity contribution in [3.8, 4) is 23.0 Å². The molecule has 0 aliphatic carbocycles. The van der Waals surface area contributed by atoms with Crippen molar-refractivity contribution in [2.75, 3.05) is 20.8 Å². The standard InChI is InChI=1S/C19H20BrF2NO5/c1-4-27-17-13(20)8-12(9-16(17)26-3)18(24)23-10-11-5-6-14(28-19(21)22)15(7-11)25-2/h5-9,19H,4,10H2,1-3H3,(H,23,24). The Morgan fingerprint density at radius 3 is 2.43 bits per heavy atom. The number of hydrogen-bond donors (Lipinski definition) is 1. The lowest BCUT2D eigenvalue weighted by atomic mass is 10.1. The van der Waals surface area contributed by atoms with E-state index in [0.29, 0.717) is 33.7 Å². The van der Waals surface area contributed by atoms with Gasteiger partial charge in [0.15, 0.2) is 23.0 Å². The van der Waals surface area contributed by atoms with Gasteiger partial charge in [-0.3, -0.25) is 4.79 Å². The quantitative estimate of drug-likeness (QED) is 0.601. The van der Waals surface area contributed by atoms with Gasteiger partial charge in [-0.05, 0) is 52.7 Å². The van der Waals surface area contributed by atoms with Crippen molar-refractivity contribution in [3.63, 3.8) is 0 Å². The summed E-state index contributed by atoms with van der Waals surface area (Å²) in [6.07, 6.45) is 0. The Morgan fingerprint density at radius 2 is 1.82 bits per heavy atom. The molecule has 0 saturated carbocycles. The molecule has 6 nitrogen and oxygen atoms in total. The fraction of sp³-hybridized carbons (Fsp3) is 0.316. The first-order valence-corrected chi connectivity index (χ1v) is 9.09. The van der Waals surface area contributed by atoms with Crippen LogP contribution in [0.15, 0.2) is 34.8 Å². The van der Waals surface area contributed by atoms with Gasteiger partial charge in [0.25, 0.3) is 5.91 Å². The Bertz CT molecular complexity index is 832. The zero-order valence-corrected chi connectivity index (χ0v) is 17.1. The van der Waals surface area contributed by atoms with Gasteiger partial charge in [0, 0.05) is 12.1 Å². The van der Waals surface area contributed by atoms with Crippen molar-refractivity contribution in [1.82, 2.24) is 5.32 Å². The van der Waals surface area contributed by atoms with Gasteiger partial charge in [0.1, 0.15) is 0 Å². The summed E-state index contributed by atoms with van der Waals surface area (Å²) in [6, 6.07) is 7.65. The highest BCUT2D eigenvalue weighted by molar-refractivity contribution is 9.10. The molecule has 1 amide bonds. The van der Waals surface area contributed by atoms with Gasteiger partial charge < -0.3 is 24.3 Å². The van der Waals surface area contributed by atoms with Crippen LogP contribution in [0.4, 0.5) is 8.78 Å². The average Bonchev–Trinajstić information content (AvgIpc) is 2.67. The Balaban J connectivity index is 2.12. The van der Waals surface area contributed by atoms with E-state index in [1.54, 1.807) is 18.2 Å². The molecule has 2 aromatic rings. The van der Waals surface area contributed by atoms with Crippen molar-refractivity contribution in [3.05, 3.63) is 45.9 Å². The van der Waals surface area contributed by atoms with Gasteiger partial charge in [-0.2, -0.15) is 8.78 Å². The fourth-order valence-electron chi connectivity index (χ4n) is 2.44. The molecule has 0 spiro atoms. The number of hydrogen-bond acceptors (Lipinski definition) is 5. The van der Waals surface area contributed by atoms with Crippen molar-refractivity contribution in [2.24, 2.45) is 0 Å². The molecule has 0 heterocycles. The molecule has 0 unspecified atom stereocenters. The Labute approximate surface area is 169 Å². The molecule has 2 aromatic carbocycles. The number of benzene rings is 2. The highest BCUT2D eigenvalue weighted by atomic mass is 79.9. The molecular formula is C19H20BrF2NO5. The molecule has 2 rings (SSSR count). The minimum Gasteiger partial charge on any atom is -0.493 e. The van der Waals surface area contributed by atoms with Crippen LogP contribution in [0.25, 0.3) is 0 Å². The maximum Gasteiger partial charge on any atom is 0.387 e.